The van der Waals surface area contributed by atoms with Gasteiger partial charge < -0.3 is 20.1 Å². The van der Waals surface area contributed by atoms with E-state index >= 15 is 0 Å². The summed E-state index contributed by atoms with van der Waals surface area (Å²) in [5.41, 5.74) is 0.726. The first-order valence-electron chi connectivity index (χ1n) is 7.09. The van der Waals surface area contributed by atoms with E-state index < -0.39 is 0 Å². The number of ether oxygens (including phenoxy) is 2. The molecule has 2 N–H and O–H groups in total. The van der Waals surface area contributed by atoms with Gasteiger partial charge in [-0.05, 0) is 24.6 Å². The van der Waals surface area contributed by atoms with Crippen molar-refractivity contribution >= 4 is 11.6 Å². The molecule has 1 aromatic carbocycles. The lowest BCUT2D eigenvalue weighted by atomic mass is 10.1. The lowest BCUT2D eigenvalue weighted by Crippen LogP contribution is -2.31. The number of fused-ring (bicyclic) bond motifs is 1. The molecule has 5 nitrogen and oxygen atoms in total. The number of hydrogen-bond donors (Lipinski definition) is 2. The highest BCUT2D eigenvalue weighted by atomic mass is 16.6. The summed E-state index contributed by atoms with van der Waals surface area (Å²) in [6.45, 7) is 6.58. The second kappa shape index (κ2) is 7.14. The zero-order valence-electron chi connectivity index (χ0n) is 12.1. The first-order chi connectivity index (χ1) is 9.69. The predicted molar refractivity (Wildman–Crippen MR) is 78.4 cm³/mol. The fourth-order valence-corrected chi connectivity index (χ4v) is 1.90. The highest BCUT2D eigenvalue weighted by Crippen LogP contribution is 2.32. The monoisotopic (exact) mass is 278 g/mol. The van der Waals surface area contributed by atoms with E-state index in [0.717, 1.165) is 24.4 Å². The van der Waals surface area contributed by atoms with Crippen molar-refractivity contribution in [3.8, 4) is 11.5 Å². The number of anilines is 1. The topological polar surface area (TPSA) is 59.6 Å². The first-order valence-corrected chi connectivity index (χ1v) is 7.09. The van der Waals surface area contributed by atoms with Crippen molar-refractivity contribution < 1.29 is 14.3 Å². The molecule has 2 rings (SSSR count). The zero-order chi connectivity index (χ0) is 14.4. The van der Waals surface area contributed by atoms with Crippen molar-refractivity contribution in [2.75, 3.05) is 31.6 Å². The summed E-state index contributed by atoms with van der Waals surface area (Å²) in [5.74, 6) is 1.94. The molecule has 1 aromatic rings. The van der Waals surface area contributed by atoms with Crippen LogP contribution in [-0.2, 0) is 4.79 Å². The Bertz CT molecular complexity index is 462. The van der Waals surface area contributed by atoms with Gasteiger partial charge in [0.1, 0.15) is 13.2 Å². The van der Waals surface area contributed by atoms with E-state index in [4.69, 9.17) is 9.47 Å². The molecule has 0 spiro atoms. The molecule has 0 fully saturated rings. The summed E-state index contributed by atoms with van der Waals surface area (Å²) in [5, 5.41) is 6.00. The van der Waals surface area contributed by atoms with Crippen molar-refractivity contribution in [2.24, 2.45) is 5.92 Å². The van der Waals surface area contributed by atoms with E-state index in [1.54, 1.807) is 6.07 Å². The lowest BCUT2D eigenvalue weighted by molar-refractivity contribution is -0.115. The van der Waals surface area contributed by atoms with Gasteiger partial charge >= 0.3 is 0 Å². The van der Waals surface area contributed by atoms with Crippen molar-refractivity contribution in [1.82, 2.24) is 5.32 Å². The largest absolute Gasteiger partial charge is 0.486 e. The third-order valence-electron chi connectivity index (χ3n) is 3.30. The molecule has 0 saturated carbocycles. The van der Waals surface area contributed by atoms with Crippen LogP contribution < -0.4 is 20.1 Å². The molecule has 0 saturated heterocycles. The number of nitrogens with one attached hydrogen (secondary N) is 2. The van der Waals surface area contributed by atoms with E-state index in [9.17, 15) is 4.79 Å². The van der Waals surface area contributed by atoms with Crippen molar-refractivity contribution in [3.05, 3.63) is 18.2 Å². The Morgan fingerprint density at radius 2 is 2.05 bits per heavy atom. The number of carbonyl (C=O) groups is 1. The van der Waals surface area contributed by atoms with Crippen LogP contribution in [0.1, 0.15) is 20.3 Å². The molecule has 1 heterocycles. The van der Waals surface area contributed by atoms with Crippen LogP contribution in [-0.4, -0.2) is 32.2 Å². The minimum Gasteiger partial charge on any atom is -0.486 e. The fraction of sp³-hybridized carbons (Fsp3) is 0.533. The molecule has 5 heteroatoms. The Morgan fingerprint density at radius 3 is 2.80 bits per heavy atom. The number of rotatable bonds is 6. The summed E-state index contributed by atoms with van der Waals surface area (Å²) in [6, 6.07) is 5.43. The normalized spacial score (nSPS) is 14.7. The number of benzene rings is 1. The van der Waals surface area contributed by atoms with Crippen LogP contribution in [0.5, 0.6) is 11.5 Å². The summed E-state index contributed by atoms with van der Waals surface area (Å²) >= 11 is 0. The molecule has 1 atom stereocenters. The van der Waals surface area contributed by atoms with E-state index in [1.807, 2.05) is 12.1 Å². The predicted octanol–water partition coefficient (Wildman–Crippen LogP) is 2.03. The van der Waals surface area contributed by atoms with Crippen LogP contribution in [0.15, 0.2) is 18.2 Å². The molecule has 0 bridgehead atoms. The Kier molecular flexibility index (Phi) is 5.24. The van der Waals surface area contributed by atoms with Crippen LogP contribution in [0, 0.1) is 5.92 Å². The van der Waals surface area contributed by atoms with Crippen LogP contribution in [0.3, 0.4) is 0 Å². The standard InChI is InChI=1S/C15H22N2O3/c1-3-11(2)9-16-10-15(18)17-12-4-5-13-14(8-12)20-7-6-19-13/h4-5,8,11,16H,3,6-7,9-10H2,1-2H3,(H,17,18). The third-order valence-corrected chi connectivity index (χ3v) is 3.30. The van der Waals surface area contributed by atoms with Gasteiger partial charge in [0, 0.05) is 11.8 Å². The Hall–Kier alpha value is -1.75. The van der Waals surface area contributed by atoms with Crippen LogP contribution in [0.25, 0.3) is 0 Å². The van der Waals surface area contributed by atoms with Crippen molar-refractivity contribution in [2.45, 2.75) is 20.3 Å². The van der Waals surface area contributed by atoms with Crippen molar-refractivity contribution in [3.63, 3.8) is 0 Å². The second-order valence-electron chi connectivity index (χ2n) is 5.05. The van der Waals surface area contributed by atoms with E-state index in [1.165, 1.54) is 0 Å². The molecule has 0 radical (unpaired) electrons. The maximum absolute atomic E-state index is 11.8. The molecule has 1 amide bonds. The molecule has 0 aromatic heterocycles. The average Bonchev–Trinajstić information content (AvgIpc) is 2.47. The molecular formula is C15H22N2O3. The van der Waals surface area contributed by atoms with Gasteiger partial charge in [-0.3, -0.25) is 4.79 Å². The molecule has 1 unspecified atom stereocenters. The summed E-state index contributed by atoms with van der Waals surface area (Å²) < 4.78 is 10.9. The number of hydrogen-bond acceptors (Lipinski definition) is 4. The molecular weight excluding hydrogens is 256 g/mol. The minimum atomic E-state index is -0.0509. The third kappa shape index (κ3) is 4.13. The van der Waals surface area contributed by atoms with E-state index in [-0.39, 0.29) is 5.91 Å². The SMILES string of the molecule is CCC(C)CNCC(=O)Nc1ccc2c(c1)OCCO2. The maximum Gasteiger partial charge on any atom is 0.238 e. The first kappa shape index (κ1) is 14.7. The van der Waals surface area contributed by atoms with Gasteiger partial charge in [0.15, 0.2) is 11.5 Å². The van der Waals surface area contributed by atoms with Crippen LogP contribution in [0.4, 0.5) is 5.69 Å². The zero-order valence-corrected chi connectivity index (χ0v) is 12.1. The molecule has 0 aliphatic carbocycles. The molecule has 1 aliphatic rings. The fourth-order valence-electron chi connectivity index (χ4n) is 1.90. The maximum atomic E-state index is 11.8. The highest BCUT2D eigenvalue weighted by molar-refractivity contribution is 5.92. The van der Waals surface area contributed by atoms with Gasteiger partial charge in [0.2, 0.25) is 5.91 Å². The van der Waals surface area contributed by atoms with Gasteiger partial charge in [-0.1, -0.05) is 20.3 Å². The van der Waals surface area contributed by atoms with Gasteiger partial charge in [-0.15, -0.1) is 0 Å². The quantitative estimate of drug-likeness (QED) is 0.836. The van der Waals surface area contributed by atoms with Gasteiger partial charge in [-0.2, -0.15) is 0 Å². The number of amides is 1. The highest BCUT2D eigenvalue weighted by Gasteiger charge is 2.12. The Labute approximate surface area is 119 Å². The lowest BCUT2D eigenvalue weighted by Gasteiger charge is -2.19. The van der Waals surface area contributed by atoms with Gasteiger partial charge in [-0.25, -0.2) is 0 Å². The summed E-state index contributed by atoms with van der Waals surface area (Å²) in [6.07, 6.45) is 1.11. The van der Waals surface area contributed by atoms with E-state index in [2.05, 4.69) is 24.5 Å². The van der Waals surface area contributed by atoms with Crippen LogP contribution in [0.2, 0.25) is 0 Å². The molecule has 20 heavy (non-hydrogen) atoms. The van der Waals surface area contributed by atoms with Gasteiger partial charge in [0.25, 0.3) is 0 Å². The van der Waals surface area contributed by atoms with Gasteiger partial charge in [0.05, 0.1) is 6.54 Å². The van der Waals surface area contributed by atoms with Crippen LogP contribution >= 0.6 is 0 Å². The number of carbonyl (C=O) groups excluding carboxylic acids is 1. The summed E-state index contributed by atoms with van der Waals surface area (Å²) in [7, 11) is 0. The smallest absolute Gasteiger partial charge is 0.238 e. The minimum absolute atomic E-state index is 0.0509. The average molecular weight is 278 g/mol. The van der Waals surface area contributed by atoms with Crippen molar-refractivity contribution in [1.29, 1.82) is 0 Å². The second-order valence-corrected chi connectivity index (χ2v) is 5.05. The Balaban J connectivity index is 1.82. The molecule has 110 valence electrons. The summed E-state index contributed by atoms with van der Waals surface area (Å²) in [4.78, 5) is 11.8. The Morgan fingerprint density at radius 1 is 1.30 bits per heavy atom. The van der Waals surface area contributed by atoms with E-state index in [0.29, 0.717) is 31.4 Å². The molecule has 1 aliphatic heterocycles.